The van der Waals surface area contributed by atoms with E-state index in [0.717, 1.165) is 44.7 Å². The predicted octanol–water partition coefficient (Wildman–Crippen LogP) is 6.14. The van der Waals surface area contributed by atoms with E-state index in [4.69, 9.17) is 16.6 Å². The number of pyridine rings is 1. The molecule has 0 bridgehead atoms. The molecule has 0 saturated carbocycles. The topological polar surface area (TPSA) is 48.0 Å². The number of thioether (sulfide) groups is 1. The Morgan fingerprint density at radius 3 is 2.45 bits per heavy atom. The molecule has 31 heavy (non-hydrogen) atoms. The van der Waals surface area contributed by atoms with Gasteiger partial charge in [-0.3, -0.25) is 4.57 Å². The quantitative estimate of drug-likeness (QED) is 0.304. The van der Waals surface area contributed by atoms with E-state index in [2.05, 4.69) is 57.4 Å². The van der Waals surface area contributed by atoms with Crippen molar-refractivity contribution in [1.29, 1.82) is 0 Å². The second-order valence-corrected chi connectivity index (χ2v) is 8.76. The zero-order chi connectivity index (χ0) is 21.4. The molecule has 0 saturated heterocycles. The van der Waals surface area contributed by atoms with Gasteiger partial charge in [-0.25, -0.2) is 4.98 Å². The third-order valence-corrected chi connectivity index (χ3v) is 6.38. The molecule has 2 aromatic carbocycles. The molecule has 0 amide bonds. The van der Waals surface area contributed by atoms with Crippen molar-refractivity contribution in [2.45, 2.75) is 24.8 Å². The Morgan fingerprint density at radius 1 is 0.903 bits per heavy atom. The number of hydrogen-bond donors (Lipinski definition) is 0. The van der Waals surface area contributed by atoms with Crippen LogP contribution in [0.1, 0.15) is 16.8 Å². The highest BCUT2D eigenvalue weighted by Gasteiger charge is 2.18. The van der Waals surface area contributed by atoms with Crippen molar-refractivity contribution in [2.75, 3.05) is 0 Å². The fraction of sp³-hybridized carbons (Fsp3) is 0.125. The van der Waals surface area contributed by atoms with Crippen LogP contribution in [-0.4, -0.2) is 24.1 Å². The molecule has 0 aliphatic heterocycles. The second kappa shape index (κ2) is 8.21. The van der Waals surface area contributed by atoms with Gasteiger partial charge in [-0.1, -0.05) is 47.6 Å². The summed E-state index contributed by atoms with van der Waals surface area (Å²) in [6.45, 7) is 4.17. The first-order valence-corrected chi connectivity index (χ1v) is 11.3. The van der Waals surface area contributed by atoms with Gasteiger partial charge in [0.2, 0.25) is 0 Å². The summed E-state index contributed by atoms with van der Waals surface area (Å²) in [7, 11) is 0. The Balaban J connectivity index is 1.54. The van der Waals surface area contributed by atoms with Gasteiger partial charge in [0.25, 0.3) is 0 Å². The third-order valence-electron chi connectivity index (χ3n) is 5.17. The van der Waals surface area contributed by atoms with E-state index in [1.54, 1.807) is 11.8 Å². The molecule has 0 fully saturated rings. The first-order valence-electron chi connectivity index (χ1n) is 9.93. The highest BCUT2D eigenvalue weighted by molar-refractivity contribution is 7.98. The number of nitrogens with zero attached hydrogens (tertiary/aromatic N) is 5. The van der Waals surface area contributed by atoms with E-state index in [-0.39, 0.29) is 0 Å². The second-order valence-electron chi connectivity index (χ2n) is 7.38. The van der Waals surface area contributed by atoms with Gasteiger partial charge in [0.15, 0.2) is 11.0 Å². The fourth-order valence-corrected chi connectivity index (χ4v) is 4.55. The molecule has 3 aromatic heterocycles. The normalized spacial score (nSPS) is 11.3. The Morgan fingerprint density at radius 2 is 1.68 bits per heavy atom. The fourth-order valence-electron chi connectivity index (χ4n) is 3.59. The average Bonchev–Trinajstić information content (AvgIpc) is 3.38. The summed E-state index contributed by atoms with van der Waals surface area (Å²) >= 11 is 7.72. The number of fused-ring (bicyclic) bond motifs is 1. The molecule has 0 spiro atoms. The van der Waals surface area contributed by atoms with Crippen LogP contribution in [0.5, 0.6) is 0 Å². The zero-order valence-electron chi connectivity index (χ0n) is 17.2. The Labute approximate surface area is 189 Å². The minimum Gasteiger partial charge on any atom is -0.307 e. The Kier molecular flexibility index (Phi) is 5.26. The number of aromatic nitrogens is 5. The summed E-state index contributed by atoms with van der Waals surface area (Å²) in [5.74, 6) is 1.49. The van der Waals surface area contributed by atoms with E-state index in [0.29, 0.717) is 10.8 Å². The highest BCUT2D eigenvalue weighted by Crippen LogP contribution is 2.31. The zero-order valence-corrected chi connectivity index (χ0v) is 18.7. The van der Waals surface area contributed by atoms with Crippen LogP contribution in [0.3, 0.4) is 0 Å². The summed E-state index contributed by atoms with van der Waals surface area (Å²) < 4.78 is 4.18. The van der Waals surface area contributed by atoms with Gasteiger partial charge in [0.1, 0.15) is 5.65 Å². The van der Waals surface area contributed by atoms with Crippen LogP contribution in [0.15, 0.2) is 78.2 Å². The van der Waals surface area contributed by atoms with Gasteiger partial charge in [-0.05, 0) is 61.4 Å². The molecule has 154 valence electrons. The van der Waals surface area contributed by atoms with Crippen LogP contribution < -0.4 is 0 Å². The van der Waals surface area contributed by atoms with Gasteiger partial charge in [-0.15, -0.1) is 10.2 Å². The summed E-state index contributed by atoms with van der Waals surface area (Å²) in [4.78, 5) is 4.79. The van der Waals surface area contributed by atoms with Gasteiger partial charge in [0.05, 0.1) is 11.4 Å². The van der Waals surface area contributed by atoms with Crippen molar-refractivity contribution >= 4 is 29.0 Å². The highest BCUT2D eigenvalue weighted by atomic mass is 35.5. The molecule has 0 atom stereocenters. The van der Waals surface area contributed by atoms with Crippen molar-refractivity contribution in [1.82, 2.24) is 24.1 Å². The molecule has 5 aromatic rings. The van der Waals surface area contributed by atoms with Crippen LogP contribution in [0.4, 0.5) is 0 Å². The Hall–Kier alpha value is -3.09. The molecule has 3 heterocycles. The molecule has 0 aliphatic carbocycles. The largest absolute Gasteiger partial charge is 0.307 e. The van der Waals surface area contributed by atoms with Crippen molar-refractivity contribution < 1.29 is 0 Å². The number of halogens is 1. The lowest BCUT2D eigenvalue weighted by molar-refractivity contribution is 0.880. The smallest absolute Gasteiger partial charge is 0.196 e. The number of imidazole rings is 1. The molecule has 7 heteroatoms. The minimum atomic E-state index is 0.697. The van der Waals surface area contributed by atoms with Crippen LogP contribution >= 0.6 is 23.4 Å². The third kappa shape index (κ3) is 3.84. The van der Waals surface area contributed by atoms with E-state index in [1.165, 1.54) is 0 Å². The van der Waals surface area contributed by atoms with Crippen molar-refractivity contribution in [3.63, 3.8) is 0 Å². The lowest BCUT2D eigenvalue weighted by Crippen LogP contribution is -2.02. The molecule has 0 radical (unpaired) electrons. The van der Waals surface area contributed by atoms with Crippen molar-refractivity contribution in [3.8, 4) is 17.1 Å². The lowest BCUT2D eigenvalue weighted by Gasteiger charge is -2.12. The molecule has 0 unspecified atom stereocenters. The standard InChI is InChI=1S/C24H20ClN5S/c1-16-6-3-4-8-21(16)30-23(18-9-11-19(25)12-10-18)27-28-24(30)31-15-20-14-29-13-5-7-17(2)22(29)26-20/h3-14H,15H2,1-2H3. The maximum Gasteiger partial charge on any atom is 0.196 e. The number of hydrogen-bond acceptors (Lipinski definition) is 4. The number of para-hydroxylation sites is 1. The molecule has 0 aliphatic rings. The van der Waals surface area contributed by atoms with E-state index in [1.807, 2.05) is 48.7 Å². The summed E-state index contributed by atoms with van der Waals surface area (Å²) in [6.07, 6.45) is 4.10. The lowest BCUT2D eigenvalue weighted by atomic mass is 10.1. The van der Waals surface area contributed by atoms with Crippen LogP contribution in [0.2, 0.25) is 5.02 Å². The number of benzene rings is 2. The molecule has 0 N–H and O–H groups in total. The summed E-state index contributed by atoms with van der Waals surface area (Å²) in [6, 6.07) is 20.1. The van der Waals surface area contributed by atoms with Crippen LogP contribution in [0, 0.1) is 13.8 Å². The predicted molar refractivity (Wildman–Crippen MR) is 126 cm³/mol. The van der Waals surface area contributed by atoms with E-state index < -0.39 is 0 Å². The first-order chi connectivity index (χ1) is 15.1. The van der Waals surface area contributed by atoms with Crippen molar-refractivity contribution in [3.05, 3.63) is 94.9 Å². The first kappa shape index (κ1) is 19.8. The summed E-state index contributed by atoms with van der Waals surface area (Å²) in [5, 5.41) is 10.6. The molecular formula is C24H20ClN5S. The summed E-state index contributed by atoms with van der Waals surface area (Å²) in [5.41, 5.74) is 6.34. The van der Waals surface area contributed by atoms with Crippen LogP contribution in [-0.2, 0) is 5.75 Å². The van der Waals surface area contributed by atoms with Gasteiger partial charge in [0, 0.05) is 28.7 Å². The minimum absolute atomic E-state index is 0.697. The van der Waals surface area contributed by atoms with E-state index in [9.17, 15) is 0 Å². The van der Waals surface area contributed by atoms with Crippen LogP contribution in [0.25, 0.3) is 22.7 Å². The SMILES string of the molecule is Cc1ccccc1-n1c(SCc2cn3cccc(C)c3n2)nnc1-c1ccc(Cl)cc1. The molecule has 5 rings (SSSR count). The molecular weight excluding hydrogens is 426 g/mol. The maximum absolute atomic E-state index is 6.09. The van der Waals surface area contributed by atoms with Gasteiger partial charge < -0.3 is 4.40 Å². The maximum atomic E-state index is 6.09. The van der Waals surface area contributed by atoms with Crippen molar-refractivity contribution in [2.24, 2.45) is 0 Å². The average molecular weight is 446 g/mol. The molecule has 5 nitrogen and oxygen atoms in total. The number of aryl methyl sites for hydroxylation is 2. The van der Waals surface area contributed by atoms with E-state index >= 15 is 0 Å². The monoisotopic (exact) mass is 445 g/mol. The van der Waals surface area contributed by atoms with Gasteiger partial charge >= 0.3 is 0 Å². The Bertz CT molecular complexity index is 1370. The van der Waals surface area contributed by atoms with Gasteiger partial charge in [-0.2, -0.15) is 0 Å². The number of rotatable bonds is 5.